The Morgan fingerprint density at radius 3 is 2.47 bits per heavy atom. The van der Waals surface area contributed by atoms with E-state index in [9.17, 15) is 14.7 Å². The van der Waals surface area contributed by atoms with Crippen LogP contribution >= 0.6 is 22.7 Å². The summed E-state index contributed by atoms with van der Waals surface area (Å²) in [6.45, 7) is 6.88. The summed E-state index contributed by atoms with van der Waals surface area (Å²) in [5.41, 5.74) is 1.50. The molecule has 1 saturated carbocycles. The number of methoxy groups -OCH3 is 1. The standard InChI is InChI=1S/C25H29N3O4S2/c1-15-12-19(33-16(15)2)6-5-11-28(14-21-27-22(23(29)30)17(3)34-21)24(31)25(9-10-25)20-8-7-18(32-4)13-26-20/h7-8,12-13H,5-6,9-11,14H2,1-4H3,(H,29,30). The van der Waals surface area contributed by atoms with Crippen molar-refractivity contribution in [3.8, 4) is 5.75 Å². The molecule has 0 radical (unpaired) electrons. The number of carbonyl (C=O) groups is 2. The fourth-order valence-corrected chi connectivity index (χ4v) is 6.18. The second-order valence-corrected chi connectivity index (χ2v) is 11.4. The molecule has 7 nitrogen and oxygen atoms in total. The van der Waals surface area contributed by atoms with Gasteiger partial charge >= 0.3 is 5.97 Å². The van der Waals surface area contributed by atoms with Crippen molar-refractivity contribution in [2.24, 2.45) is 0 Å². The van der Waals surface area contributed by atoms with Crippen molar-refractivity contribution in [1.29, 1.82) is 0 Å². The molecule has 9 heteroatoms. The molecule has 3 aromatic heterocycles. The highest BCUT2D eigenvalue weighted by molar-refractivity contribution is 7.12. The number of aromatic nitrogens is 2. The van der Waals surface area contributed by atoms with Crippen LogP contribution < -0.4 is 4.74 Å². The van der Waals surface area contributed by atoms with Gasteiger partial charge in [0, 0.05) is 21.2 Å². The lowest BCUT2D eigenvalue weighted by molar-refractivity contribution is -0.134. The van der Waals surface area contributed by atoms with E-state index >= 15 is 0 Å². The first-order valence-corrected chi connectivity index (χ1v) is 12.9. The van der Waals surface area contributed by atoms with Crippen molar-refractivity contribution in [1.82, 2.24) is 14.9 Å². The average molecular weight is 500 g/mol. The van der Waals surface area contributed by atoms with E-state index < -0.39 is 11.4 Å². The molecule has 3 aromatic rings. The van der Waals surface area contributed by atoms with E-state index in [1.54, 1.807) is 31.6 Å². The number of carboxylic acid groups (broad SMARTS) is 1. The van der Waals surface area contributed by atoms with Crippen LogP contribution in [0.15, 0.2) is 24.4 Å². The number of amides is 1. The number of pyridine rings is 1. The summed E-state index contributed by atoms with van der Waals surface area (Å²) >= 11 is 3.14. The number of aromatic carboxylic acids is 1. The van der Waals surface area contributed by atoms with Gasteiger partial charge in [0.25, 0.3) is 0 Å². The van der Waals surface area contributed by atoms with Gasteiger partial charge in [-0.05, 0) is 70.2 Å². The van der Waals surface area contributed by atoms with Crippen LogP contribution in [0.4, 0.5) is 0 Å². The zero-order valence-corrected chi connectivity index (χ0v) is 21.5. The summed E-state index contributed by atoms with van der Waals surface area (Å²) in [5, 5.41) is 10.0. The normalized spacial score (nSPS) is 14.1. The Hall–Kier alpha value is -2.78. The van der Waals surface area contributed by atoms with Crippen LogP contribution in [0.3, 0.4) is 0 Å². The van der Waals surface area contributed by atoms with E-state index in [1.807, 2.05) is 17.0 Å². The molecule has 0 aromatic carbocycles. The van der Waals surface area contributed by atoms with Crippen molar-refractivity contribution in [3.05, 3.63) is 61.0 Å². The fraction of sp³-hybridized carbons (Fsp3) is 0.440. The molecule has 0 unspecified atom stereocenters. The molecule has 1 aliphatic carbocycles. The van der Waals surface area contributed by atoms with E-state index in [0.29, 0.717) is 28.7 Å². The molecular weight excluding hydrogens is 470 g/mol. The molecule has 0 aliphatic heterocycles. The third kappa shape index (κ3) is 5.00. The predicted octanol–water partition coefficient (Wildman–Crippen LogP) is 4.92. The number of thiophene rings is 1. The molecule has 34 heavy (non-hydrogen) atoms. The second kappa shape index (κ2) is 9.84. The molecule has 0 saturated heterocycles. The van der Waals surface area contributed by atoms with E-state index in [-0.39, 0.29) is 11.6 Å². The van der Waals surface area contributed by atoms with Crippen LogP contribution in [0.25, 0.3) is 0 Å². The predicted molar refractivity (Wildman–Crippen MR) is 133 cm³/mol. The monoisotopic (exact) mass is 499 g/mol. The molecule has 0 atom stereocenters. The van der Waals surface area contributed by atoms with Gasteiger partial charge < -0.3 is 14.7 Å². The molecule has 0 spiro atoms. The zero-order chi connectivity index (χ0) is 24.5. The number of nitrogens with zero attached hydrogens (tertiary/aromatic N) is 3. The number of hydrogen-bond donors (Lipinski definition) is 1. The summed E-state index contributed by atoms with van der Waals surface area (Å²) in [6.07, 6.45) is 4.88. The summed E-state index contributed by atoms with van der Waals surface area (Å²) in [6, 6.07) is 5.93. The summed E-state index contributed by atoms with van der Waals surface area (Å²) in [7, 11) is 1.59. The minimum atomic E-state index is -1.04. The number of ether oxygens (including phenoxy) is 1. The minimum Gasteiger partial charge on any atom is -0.495 e. The van der Waals surface area contributed by atoms with E-state index in [0.717, 1.165) is 31.4 Å². The van der Waals surface area contributed by atoms with Gasteiger partial charge in [0.15, 0.2) is 5.69 Å². The average Bonchev–Trinajstić information content (AvgIpc) is 3.45. The van der Waals surface area contributed by atoms with Crippen LogP contribution in [-0.2, 0) is 23.2 Å². The number of carbonyl (C=O) groups excluding carboxylic acids is 1. The highest BCUT2D eigenvalue weighted by Crippen LogP contribution is 2.49. The van der Waals surface area contributed by atoms with Crippen LogP contribution in [0.5, 0.6) is 5.75 Å². The largest absolute Gasteiger partial charge is 0.495 e. The maximum Gasteiger partial charge on any atom is 0.355 e. The minimum absolute atomic E-state index is 0.0356. The molecule has 1 fully saturated rings. The van der Waals surface area contributed by atoms with E-state index in [4.69, 9.17) is 4.74 Å². The number of hydrogen-bond acceptors (Lipinski definition) is 7. The topological polar surface area (TPSA) is 92.6 Å². The Bertz CT molecular complexity index is 1180. The first-order valence-electron chi connectivity index (χ1n) is 11.3. The number of thiazole rings is 1. The number of aryl methyl sites for hydroxylation is 4. The summed E-state index contributed by atoms with van der Waals surface area (Å²) < 4.78 is 5.22. The van der Waals surface area contributed by atoms with Crippen LogP contribution in [0.2, 0.25) is 0 Å². The molecular formula is C25H29N3O4S2. The Morgan fingerprint density at radius 1 is 1.18 bits per heavy atom. The molecule has 3 heterocycles. The Labute approximate surface area is 207 Å². The number of rotatable bonds is 10. The number of carboxylic acids is 1. The van der Waals surface area contributed by atoms with Gasteiger partial charge in [-0.2, -0.15) is 0 Å². The van der Waals surface area contributed by atoms with Crippen LogP contribution in [0.1, 0.15) is 60.6 Å². The van der Waals surface area contributed by atoms with Crippen molar-refractivity contribution in [2.75, 3.05) is 13.7 Å². The molecule has 1 amide bonds. The van der Waals surface area contributed by atoms with Gasteiger partial charge in [0.05, 0.1) is 31.0 Å². The first-order chi connectivity index (χ1) is 16.2. The lowest BCUT2D eigenvalue weighted by atomic mass is 9.99. The smallest absolute Gasteiger partial charge is 0.355 e. The Morgan fingerprint density at radius 2 is 1.94 bits per heavy atom. The summed E-state index contributed by atoms with van der Waals surface area (Å²) in [5.74, 6) is -0.347. The fourth-order valence-electron chi connectivity index (χ4n) is 4.14. The zero-order valence-electron chi connectivity index (χ0n) is 19.9. The van der Waals surface area contributed by atoms with Crippen molar-refractivity contribution >= 4 is 34.6 Å². The lowest BCUT2D eigenvalue weighted by Gasteiger charge is -2.26. The SMILES string of the molecule is COc1ccc(C2(C(=O)N(CCCc3cc(C)c(C)s3)Cc3nc(C(=O)O)c(C)s3)CC2)nc1. The molecule has 1 aliphatic rings. The maximum atomic E-state index is 13.8. The van der Waals surface area contributed by atoms with Crippen LogP contribution in [-0.4, -0.2) is 45.5 Å². The maximum absolute atomic E-state index is 13.8. The van der Waals surface area contributed by atoms with Crippen LogP contribution in [0, 0.1) is 20.8 Å². The van der Waals surface area contributed by atoms with Gasteiger partial charge in [-0.25, -0.2) is 9.78 Å². The van der Waals surface area contributed by atoms with Gasteiger partial charge in [-0.3, -0.25) is 9.78 Å². The third-order valence-electron chi connectivity index (χ3n) is 6.35. The molecule has 180 valence electrons. The van der Waals surface area contributed by atoms with E-state index in [1.165, 1.54) is 26.7 Å². The van der Waals surface area contributed by atoms with Gasteiger partial charge in [-0.15, -0.1) is 22.7 Å². The highest BCUT2D eigenvalue weighted by Gasteiger charge is 2.54. The molecule has 0 bridgehead atoms. The third-order valence-corrected chi connectivity index (χ3v) is 8.51. The van der Waals surface area contributed by atoms with Crippen molar-refractivity contribution in [3.63, 3.8) is 0 Å². The van der Waals surface area contributed by atoms with Gasteiger partial charge in [0.1, 0.15) is 10.8 Å². The van der Waals surface area contributed by atoms with Crippen molar-refractivity contribution in [2.45, 2.75) is 58.4 Å². The van der Waals surface area contributed by atoms with E-state index in [2.05, 4.69) is 29.9 Å². The lowest BCUT2D eigenvalue weighted by Crippen LogP contribution is -2.40. The molecule has 4 rings (SSSR count). The Kier molecular flexibility index (Phi) is 7.04. The first kappa shape index (κ1) is 24.3. The van der Waals surface area contributed by atoms with Crippen molar-refractivity contribution < 1.29 is 19.4 Å². The van der Waals surface area contributed by atoms with Gasteiger partial charge in [-0.1, -0.05) is 0 Å². The summed E-state index contributed by atoms with van der Waals surface area (Å²) in [4.78, 5) is 39.3. The van der Waals surface area contributed by atoms with Gasteiger partial charge in [0.2, 0.25) is 5.91 Å². The second-order valence-electron chi connectivity index (χ2n) is 8.77. The Balaban J connectivity index is 1.54. The highest BCUT2D eigenvalue weighted by atomic mass is 32.1. The quantitative estimate of drug-likeness (QED) is 0.425. The molecule has 1 N–H and O–H groups in total.